The number of aliphatic hydroxyl groups is 1. The van der Waals surface area contributed by atoms with Gasteiger partial charge >= 0.3 is 0 Å². The van der Waals surface area contributed by atoms with E-state index in [9.17, 15) is 4.79 Å². The molecule has 0 radical (unpaired) electrons. The third kappa shape index (κ3) is 3.58. The van der Waals surface area contributed by atoms with Crippen molar-refractivity contribution in [2.75, 3.05) is 27.4 Å². The van der Waals surface area contributed by atoms with Crippen LogP contribution >= 0.6 is 0 Å². The molecule has 1 N–H and O–H groups in total. The van der Waals surface area contributed by atoms with Crippen LogP contribution in [0.25, 0.3) is 0 Å². The van der Waals surface area contributed by atoms with Gasteiger partial charge in [-0.3, -0.25) is 9.79 Å². The summed E-state index contributed by atoms with van der Waals surface area (Å²) in [6.07, 6.45) is 3.85. The molecule has 1 aromatic carbocycles. The number of hydrogen-bond acceptors (Lipinski definition) is 6. The molecule has 3 rings (SSSR count). The normalized spacial score (nSPS) is 22.4. The van der Waals surface area contributed by atoms with Crippen molar-refractivity contribution in [2.24, 2.45) is 10.9 Å². The number of rotatable bonds is 6. The number of carbonyl (C=O) groups is 1. The Hall–Kier alpha value is -2.60. The highest BCUT2D eigenvalue weighted by atomic mass is 16.5. The number of ketones is 1. The van der Waals surface area contributed by atoms with Crippen molar-refractivity contribution in [1.82, 2.24) is 0 Å². The van der Waals surface area contributed by atoms with E-state index in [-0.39, 0.29) is 37.4 Å². The molecule has 1 aromatic rings. The number of fused-ring (bicyclic) bond motifs is 1. The van der Waals surface area contributed by atoms with Crippen LogP contribution in [0, 0.1) is 5.92 Å². The van der Waals surface area contributed by atoms with Crippen LogP contribution in [0.5, 0.6) is 5.75 Å². The Bertz CT molecular complexity index is 733. The van der Waals surface area contributed by atoms with E-state index >= 15 is 0 Å². The molecule has 25 heavy (non-hydrogen) atoms. The van der Waals surface area contributed by atoms with Crippen LogP contribution in [-0.2, 0) is 14.3 Å². The van der Waals surface area contributed by atoms with Crippen molar-refractivity contribution in [3.8, 4) is 5.75 Å². The van der Waals surface area contributed by atoms with Crippen LogP contribution < -0.4 is 4.74 Å². The van der Waals surface area contributed by atoms with E-state index in [0.29, 0.717) is 17.3 Å². The smallest absolute Gasteiger partial charge is 0.151 e. The number of methoxy groups -OCH3 is 2. The van der Waals surface area contributed by atoms with E-state index in [1.54, 1.807) is 20.3 Å². The van der Waals surface area contributed by atoms with E-state index in [2.05, 4.69) is 0 Å². The van der Waals surface area contributed by atoms with Gasteiger partial charge in [0, 0.05) is 12.5 Å². The predicted octanol–water partition coefficient (Wildman–Crippen LogP) is 1.88. The minimum atomic E-state index is -0.389. The van der Waals surface area contributed by atoms with Gasteiger partial charge in [-0.1, -0.05) is 0 Å². The summed E-state index contributed by atoms with van der Waals surface area (Å²) in [6, 6.07) is 7.03. The quantitative estimate of drug-likeness (QED) is 0.853. The van der Waals surface area contributed by atoms with Crippen LogP contribution in [0.4, 0.5) is 0 Å². The number of allylic oxidation sites excluding steroid dienone is 1. The molecular formula is C19H21NO5. The molecule has 2 atom stereocenters. The topological polar surface area (TPSA) is 77.4 Å². The van der Waals surface area contributed by atoms with Gasteiger partial charge in [0.15, 0.2) is 5.78 Å². The second kappa shape index (κ2) is 7.53. The molecule has 6 heteroatoms. The highest BCUT2D eigenvalue weighted by Crippen LogP contribution is 2.33. The lowest BCUT2D eigenvalue weighted by molar-refractivity contribution is -0.122. The summed E-state index contributed by atoms with van der Waals surface area (Å²) in [5, 5.41) is 8.80. The maximum Gasteiger partial charge on any atom is 0.151 e. The van der Waals surface area contributed by atoms with Gasteiger partial charge in [-0.2, -0.15) is 0 Å². The van der Waals surface area contributed by atoms with Crippen LogP contribution in [0.3, 0.4) is 0 Å². The molecule has 0 saturated carbocycles. The number of aliphatic hydroxyl groups excluding tert-OH is 1. The zero-order valence-corrected chi connectivity index (χ0v) is 14.3. The van der Waals surface area contributed by atoms with Gasteiger partial charge in [-0.05, 0) is 35.9 Å². The molecule has 0 aromatic heterocycles. The Morgan fingerprint density at radius 3 is 2.60 bits per heavy atom. The molecule has 0 bridgehead atoms. The number of carbonyl (C=O) groups excluding carboxylic acids is 1. The van der Waals surface area contributed by atoms with Crippen LogP contribution in [-0.4, -0.2) is 50.1 Å². The van der Waals surface area contributed by atoms with Gasteiger partial charge in [-0.25, -0.2) is 0 Å². The summed E-state index contributed by atoms with van der Waals surface area (Å²) < 4.78 is 16.0. The zero-order chi connectivity index (χ0) is 17.8. The van der Waals surface area contributed by atoms with Crippen LogP contribution in [0.2, 0.25) is 0 Å². The molecular weight excluding hydrogens is 322 g/mol. The SMILES string of the molecule is COC1=CC2N=C(c3ccc(OCCO)cc3)CC(=O)C2C(OC)=C1. The molecule has 2 aliphatic rings. The van der Waals surface area contributed by atoms with Crippen molar-refractivity contribution < 1.29 is 24.1 Å². The highest BCUT2D eigenvalue weighted by molar-refractivity contribution is 6.14. The second-order valence-corrected chi connectivity index (χ2v) is 5.81. The van der Waals surface area contributed by atoms with Crippen LogP contribution in [0.1, 0.15) is 12.0 Å². The maximum absolute atomic E-state index is 12.7. The molecule has 2 unspecified atom stereocenters. The Kier molecular flexibility index (Phi) is 5.19. The first-order valence-electron chi connectivity index (χ1n) is 8.11. The lowest BCUT2D eigenvalue weighted by Gasteiger charge is -2.30. The minimum absolute atomic E-state index is 0.0322. The number of ether oxygens (including phenoxy) is 3. The number of nitrogens with zero attached hydrogens (tertiary/aromatic N) is 1. The van der Waals surface area contributed by atoms with Gasteiger partial charge in [0.2, 0.25) is 0 Å². The molecule has 1 aliphatic carbocycles. The molecule has 6 nitrogen and oxygen atoms in total. The first-order valence-corrected chi connectivity index (χ1v) is 8.11. The molecule has 0 fully saturated rings. The largest absolute Gasteiger partial charge is 0.500 e. The number of Topliss-reactive ketones (excluding diaryl/α,β-unsaturated/α-hetero) is 1. The summed E-state index contributed by atoms with van der Waals surface area (Å²) in [4.78, 5) is 17.4. The molecule has 0 spiro atoms. The fraction of sp³-hybridized carbons (Fsp3) is 0.368. The van der Waals surface area contributed by atoms with Crippen LogP contribution in [0.15, 0.2) is 52.9 Å². The Labute approximate surface area is 146 Å². The summed E-state index contributed by atoms with van der Waals surface area (Å²) >= 11 is 0. The molecule has 1 aliphatic heterocycles. The maximum atomic E-state index is 12.7. The fourth-order valence-electron chi connectivity index (χ4n) is 3.07. The van der Waals surface area contributed by atoms with Crippen molar-refractivity contribution >= 4 is 11.5 Å². The van der Waals surface area contributed by atoms with Gasteiger partial charge < -0.3 is 19.3 Å². The van der Waals surface area contributed by atoms with Gasteiger partial charge in [0.25, 0.3) is 0 Å². The minimum Gasteiger partial charge on any atom is -0.500 e. The van der Waals surface area contributed by atoms with Gasteiger partial charge in [0.05, 0.1) is 32.6 Å². The van der Waals surface area contributed by atoms with Gasteiger partial charge in [-0.15, -0.1) is 0 Å². The second-order valence-electron chi connectivity index (χ2n) is 5.81. The van der Waals surface area contributed by atoms with E-state index in [4.69, 9.17) is 24.3 Å². The predicted molar refractivity (Wildman–Crippen MR) is 92.6 cm³/mol. The first kappa shape index (κ1) is 17.2. The molecule has 0 saturated heterocycles. The van der Waals surface area contributed by atoms with Crippen molar-refractivity contribution in [3.05, 3.63) is 53.5 Å². The summed E-state index contributed by atoms with van der Waals surface area (Å²) in [5.74, 6) is 1.59. The first-order chi connectivity index (χ1) is 12.2. The third-order valence-electron chi connectivity index (χ3n) is 4.28. The number of aliphatic imine (C=N–C) groups is 1. The standard InChI is InChI=1S/C19H21NO5/c1-23-14-9-16-19(18(10-14)24-2)17(22)11-15(20-16)12-3-5-13(6-4-12)25-8-7-21/h3-6,9-10,16,19,21H,7-8,11H2,1-2H3. The fourth-order valence-corrected chi connectivity index (χ4v) is 3.07. The Balaban J connectivity index is 1.87. The monoisotopic (exact) mass is 343 g/mol. The number of hydrogen-bond donors (Lipinski definition) is 1. The van der Waals surface area contributed by atoms with E-state index in [1.807, 2.05) is 30.3 Å². The third-order valence-corrected chi connectivity index (χ3v) is 4.28. The summed E-state index contributed by atoms with van der Waals surface area (Å²) in [7, 11) is 3.13. The van der Waals surface area contributed by atoms with E-state index in [1.165, 1.54) is 0 Å². The molecule has 1 heterocycles. The lowest BCUT2D eigenvalue weighted by Crippen LogP contribution is -2.37. The van der Waals surface area contributed by atoms with Crippen molar-refractivity contribution in [3.63, 3.8) is 0 Å². The summed E-state index contributed by atoms with van der Waals surface area (Å²) in [5.41, 5.74) is 1.62. The van der Waals surface area contributed by atoms with Crippen molar-refractivity contribution in [1.29, 1.82) is 0 Å². The van der Waals surface area contributed by atoms with E-state index in [0.717, 1.165) is 11.3 Å². The average Bonchev–Trinajstić information content (AvgIpc) is 2.65. The molecule has 0 amide bonds. The summed E-state index contributed by atoms with van der Waals surface area (Å²) in [6.45, 7) is 0.217. The van der Waals surface area contributed by atoms with Gasteiger partial charge in [0.1, 0.15) is 29.8 Å². The van der Waals surface area contributed by atoms with E-state index < -0.39 is 0 Å². The Morgan fingerprint density at radius 2 is 1.96 bits per heavy atom. The Morgan fingerprint density at radius 1 is 1.20 bits per heavy atom. The zero-order valence-electron chi connectivity index (χ0n) is 14.3. The highest BCUT2D eigenvalue weighted by Gasteiger charge is 2.38. The number of benzene rings is 1. The van der Waals surface area contributed by atoms with Crippen molar-refractivity contribution in [2.45, 2.75) is 12.5 Å². The lowest BCUT2D eigenvalue weighted by atomic mass is 9.83. The average molecular weight is 343 g/mol. The molecule has 132 valence electrons.